The molecule has 1 atom stereocenters. The van der Waals surface area contributed by atoms with Crippen molar-refractivity contribution in [3.05, 3.63) is 29.6 Å². The second kappa shape index (κ2) is 9.85. The fraction of sp³-hybridized carbons (Fsp3) is 0.652. The van der Waals surface area contributed by atoms with E-state index in [-0.39, 0.29) is 29.7 Å². The minimum atomic E-state index is -0.218. The van der Waals surface area contributed by atoms with Gasteiger partial charge in [-0.05, 0) is 50.3 Å². The van der Waals surface area contributed by atoms with Crippen molar-refractivity contribution in [1.82, 2.24) is 15.1 Å². The number of urea groups is 1. The molecule has 0 spiro atoms. The Hall–Kier alpha value is -2.35. The van der Waals surface area contributed by atoms with Crippen molar-refractivity contribution >= 4 is 17.6 Å². The Bertz CT molecular complexity index is 791. The van der Waals surface area contributed by atoms with Gasteiger partial charge in [-0.25, -0.2) is 9.18 Å². The van der Waals surface area contributed by atoms with E-state index in [2.05, 4.69) is 5.32 Å². The van der Waals surface area contributed by atoms with Crippen LogP contribution in [-0.2, 0) is 9.53 Å². The molecule has 31 heavy (non-hydrogen) atoms. The molecular formula is C23H33FN4O3. The van der Waals surface area contributed by atoms with Crippen molar-refractivity contribution in [3.63, 3.8) is 0 Å². The van der Waals surface area contributed by atoms with Gasteiger partial charge in [-0.1, -0.05) is 6.07 Å². The molecule has 1 N–H and O–H groups in total. The summed E-state index contributed by atoms with van der Waals surface area (Å²) >= 11 is 0. The van der Waals surface area contributed by atoms with Crippen LogP contribution in [0.15, 0.2) is 18.2 Å². The molecule has 0 radical (unpaired) electrons. The molecule has 7 nitrogen and oxygen atoms in total. The number of rotatable bonds is 3. The summed E-state index contributed by atoms with van der Waals surface area (Å²) in [5.41, 5.74) is 1.64. The third-order valence-corrected chi connectivity index (χ3v) is 6.65. The van der Waals surface area contributed by atoms with E-state index in [4.69, 9.17) is 4.74 Å². The topological polar surface area (TPSA) is 65.1 Å². The minimum Gasteiger partial charge on any atom is -0.378 e. The predicted molar refractivity (Wildman–Crippen MR) is 117 cm³/mol. The van der Waals surface area contributed by atoms with Gasteiger partial charge < -0.3 is 24.8 Å². The van der Waals surface area contributed by atoms with Crippen molar-refractivity contribution in [2.24, 2.45) is 5.92 Å². The lowest BCUT2D eigenvalue weighted by atomic mass is 9.95. The van der Waals surface area contributed by atoms with Gasteiger partial charge in [0.05, 0.1) is 18.9 Å². The molecule has 3 aliphatic rings. The molecule has 170 valence electrons. The first kappa shape index (κ1) is 21.9. The summed E-state index contributed by atoms with van der Waals surface area (Å²) in [6.07, 6.45) is 3.21. The fourth-order valence-corrected chi connectivity index (χ4v) is 4.82. The van der Waals surface area contributed by atoms with Gasteiger partial charge in [-0.3, -0.25) is 4.79 Å². The second-order valence-electron chi connectivity index (χ2n) is 8.89. The minimum absolute atomic E-state index is 0.00313. The molecule has 3 aliphatic heterocycles. The third kappa shape index (κ3) is 5.29. The van der Waals surface area contributed by atoms with Gasteiger partial charge in [0.2, 0.25) is 5.91 Å². The average molecular weight is 433 g/mol. The Morgan fingerprint density at radius 2 is 1.77 bits per heavy atom. The molecule has 0 aliphatic carbocycles. The number of carbonyl (C=O) groups is 2. The summed E-state index contributed by atoms with van der Waals surface area (Å²) in [7, 11) is 0. The monoisotopic (exact) mass is 432 g/mol. The lowest BCUT2D eigenvalue weighted by Crippen LogP contribution is -2.54. The number of morpholine rings is 1. The zero-order valence-corrected chi connectivity index (χ0v) is 18.3. The van der Waals surface area contributed by atoms with Crippen LogP contribution in [0.4, 0.5) is 14.9 Å². The van der Waals surface area contributed by atoms with Crippen LogP contribution in [0.25, 0.3) is 0 Å². The molecule has 3 saturated heterocycles. The largest absolute Gasteiger partial charge is 0.378 e. The molecule has 3 fully saturated rings. The number of nitrogens with one attached hydrogen (secondary N) is 1. The van der Waals surface area contributed by atoms with Gasteiger partial charge in [0, 0.05) is 51.2 Å². The zero-order valence-electron chi connectivity index (χ0n) is 18.3. The van der Waals surface area contributed by atoms with Gasteiger partial charge in [0.1, 0.15) is 5.82 Å². The van der Waals surface area contributed by atoms with E-state index in [1.807, 2.05) is 27.7 Å². The Kier molecular flexibility index (Phi) is 6.95. The maximum Gasteiger partial charge on any atom is 0.317 e. The third-order valence-electron chi connectivity index (χ3n) is 6.65. The van der Waals surface area contributed by atoms with Crippen molar-refractivity contribution < 1.29 is 18.7 Å². The number of aryl methyl sites for hydroxylation is 1. The molecule has 0 aromatic heterocycles. The molecule has 0 saturated carbocycles. The van der Waals surface area contributed by atoms with Crippen molar-refractivity contribution in [1.29, 1.82) is 0 Å². The molecule has 3 heterocycles. The van der Waals surface area contributed by atoms with Gasteiger partial charge in [0.15, 0.2) is 0 Å². The van der Waals surface area contributed by atoms with E-state index < -0.39 is 0 Å². The van der Waals surface area contributed by atoms with Crippen LogP contribution in [-0.4, -0.2) is 80.3 Å². The quantitative estimate of drug-likeness (QED) is 0.797. The predicted octanol–water partition coefficient (Wildman–Crippen LogP) is 2.38. The number of halogens is 1. The van der Waals surface area contributed by atoms with Crippen LogP contribution >= 0.6 is 0 Å². The Balaban J connectivity index is 1.27. The average Bonchev–Trinajstić information content (AvgIpc) is 2.81. The molecule has 0 bridgehead atoms. The maximum atomic E-state index is 14.3. The second-order valence-corrected chi connectivity index (χ2v) is 8.89. The van der Waals surface area contributed by atoms with E-state index in [1.165, 1.54) is 6.07 Å². The van der Waals surface area contributed by atoms with Gasteiger partial charge in [-0.2, -0.15) is 0 Å². The number of anilines is 1. The van der Waals surface area contributed by atoms with E-state index in [9.17, 15) is 14.0 Å². The molecule has 4 rings (SSSR count). The number of amides is 3. The van der Waals surface area contributed by atoms with Gasteiger partial charge >= 0.3 is 6.03 Å². The number of ether oxygens (including phenoxy) is 1. The summed E-state index contributed by atoms with van der Waals surface area (Å²) < 4.78 is 19.6. The van der Waals surface area contributed by atoms with Gasteiger partial charge in [0.25, 0.3) is 0 Å². The summed E-state index contributed by atoms with van der Waals surface area (Å²) in [4.78, 5) is 31.2. The number of benzene rings is 1. The number of carbonyl (C=O) groups excluding carboxylic acids is 2. The molecule has 1 aromatic rings. The van der Waals surface area contributed by atoms with Crippen LogP contribution in [0, 0.1) is 18.7 Å². The van der Waals surface area contributed by atoms with Crippen molar-refractivity contribution in [2.45, 2.75) is 38.6 Å². The number of nitrogens with zero attached hydrogens (tertiary/aromatic N) is 3. The normalized spacial score (nSPS) is 23.0. The smallest absolute Gasteiger partial charge is 0.317 e. The SMILES string of the molecule is Cc1ccc(F)c(N2CCCC(NC(=O)N3CCC(C(=O)N4CCOCC4)CC3)C2)c1. The van der Waals surface area contributed by atoms with Crippen LogP contribution in [0.2, 0.25) is 0 Å². The summed E-state index contributed by atoms with van der Waals surface area (Å²) in [6.45, 7) is 7.10. The highest BCUT2D eigenvalue weighted by atomic mass is 19.1. The molecule has 1 unspecified atom stereocenters. The van der Waals surface area contributed by atoms with Gasteiger partial charge in [-0.15, -0.1) is 0 Å². The molecule has 8 heteroatoms. The standard InChI is InChI=1S/C23H33FN4O3/c1-17-4-5-20(24)21(15-17)28-8-2-3-19(16-28)25-23(30)27-9-6-18(7-10-27)22(29)26-11-13-31-14-12-26/h4-5,15,18-19H,2-3,6-14,16H2,1H3,(H,25,30). The van der Waals surface area contributed by atoms with Crippen molar-refractivity contribution in [2.75, 3.05) is 57.4 Å². The first-order valence-corrected chi connectivity index (χ1v) is 11.4. The van der Waals surface area contributed by atoms with E-state index in [0.717, 1.165) is 24.9 Å². The lowest BCUT2D eigenvalue weighted by molar-refractivity contribution is -0.141. The van der Waals surface area contributed by atoms with E-state index in [1.54, 1.807) is 6.07 Å². The number of hydrogen-bond donors (Lipinski definition) is 1. The molecule has 1 aromatic carbocycles. The highest BCUT2D eigenvalue weighted by Gasteiger charge is 2.32. The maximum absolute atomic E-state index is 14.3. The number of piperidine rings is 2. The summed E-state index contributed by atoms with van der Waals surface area (Å²) in [5, 5.41) is 3.14. The van der Waals surface area contributed by atoms with E-state index >= 15 is 0 Å². The Morgan fingerprint density at radius 1 is 1.03 bits per heavy atom. The first-order valence-electron chi connectivity index (χ1n) is 11.4. The van der Waals surface area contributed by atoms with Crippen LogP contribution in [0.5, 0.6) is 0 Å². The number of likely N-dealkylation sites (tertiary alicyclic amines) is 1. The first-order chi connectivity index (χ1) is 15.0. The van der Waals surface area contributed by atoms with E-state index in [0.29, 0.717) is 64.5 Å². The van der Waals surface area contributed by atoms with Crippen LogP contribution < -0.4 is 10.2 Å². The molecular weight excluding hydrogens is 399 g/mol. The molecule has 3 amide bonds. The Labute approximate surface area is 183 Å². The van der Waals surface area contributed by atoms with Crippen molar-refractivity contribution in [3.8, 4) is 0 Å². The lowest BCUT2D eigenvalue weighted by Gasteiger charge is -2.38. The Morgan fingerprint density at radius 3 is 2.52 bits per heavy atom. The summed E-state index contributed by atoms with van der Waals surface area (Å²) in [6, 6.07) is 5.07. The zero-order chi connectivity index (χ0) is 21.8. The summed E-state index contributed by atoms with van der Waals surface area (Å²) in [5.74, 6) is -0.0207. The highest BCUT2D eigenvalue weighted by Crippen LogP contribution is 2.25. The fourth-order valence-electron chi connectivity index (χ4n) is 4.82. The van der Waals surface area contributed by atoms with Crippen LogP contribution in [0.3, 0.4) is 0 Å². The van der Waals surface area contributed by atoms with Crippen LogP contribution in [0.1, 0.15) is 31.2 Å². The highest BCUT2D eigenvalue weighted by molar-refractivity contribution is 5.80. The number of hydrogen-bond acceptors (Lipinski definition) is 4.